The Labute approximate surface area is 118 Å². The lowest BCUT2D eigenvalue weighted by Crippen LogP contribution is -2.35. The van der Waals surface area contributed by atoms with E-state index in [1.54, 1.807) is 0 Å². The van der Waals surface area contributed by atoms with Gasteiger partial charge in [0.2, 0.25) is 0 Å². The summed E-state index contributed by atoms with van der Waals surface area (Å²) in [6, 6.07) is 6.83. The van der Waals surface area contributed by atoms with Crippen LogP contribution in [0.2, 0.25) is 5.02 Å². The lowest BCUT2D eigenvalue weighted by Gasteiger charge is -2.28. The number of hydrogen-bond donors (Lipinski definition) is 3. The molecule has 1 aromatic rings. The highest BCUT2D eigenvalue weighted by atomic mass is 35.5. The summed E-state index contributed by atoms with van der Waals surface area (Å²) in [6.45, 7) is 4.95. The van der Waals surface area contributed by atoms with Gasteiger partial charge in [-0.3, -0.25) is 10.9 Å². The molecule has 0 spiro atoms. The Kier molecular flexibility index (Phi) is 3.93. The van der Waals surface area contributed by atoms with Gasteiger partial charge in [0.1, 0.15) is 5.75 Å². The van der Waals surface area contributed by atoms with E-state index < -0.39 is 0 Å². The van der Waals surface area contributed by atoms with Crippen LogP contribution >= 0.6 is 11.6 Å². The van der Waals surface area contributed by atoms with Gasteiger partial charge in [-0.15, -0.1) is 0 Å². The smallest absolute Gasteiger partial charge is 0.142 e. The fourth-order valence-corrected chi connectivity index (χ4v) is 3.02. The van der Waals surface area contributed by atoms with Crippen LogP contribution in [-0.2, 0) is 0 Å². The minimum Gasteiger partial charge on any atom is -0.492 e. The molecule has 5 heteroatoms. The van der Waals surface area contributed by atoms with Crippen LogP contribution in [0.1, 0.15) is 24.9 Å². The van der Waals surface area contributed by atoms with Crippen LogP contribution < -0.4 is 20.9 Å². The monoisotopic (exact) mass is 281 g/mol. The number of hydrazine groups is 1. The van der Waals surface area contributed by atoms with Crippen molar-refractivity contribution in [3.05, 3.63) is 28.8 Å². The number of para-hydroxylation sites is 1. The SMILES string of the molecule is CC1NNCC1CNC1CCOc2c(Cl)cccc21. The second-order valence-electron chi connectivity index (χ2n) is 5.33. The molecule has 1 fully saturated rings. The quantitative estimate of drug-likeness (QED) is 0.791. The molecule has 0 radical (unpaired) electrons. The number of halogens is 1. The highest BCUT2D eigenvalue weighted by Crippen LogP contribution is 2.37. The Balaban J connectivity index is 1.68. The molecule has 2 aliphatic heterocycles. The van der Waals surface area contributed by atoms with E-state index in [9.17, 15) is 0 Å². The topological polar surface area (TPSA) is 45.3 Å². The van der Waals surface area contributed by atoms with Crippen molar-refractivity contribution in [1.29, 1.82) is 0 Å². The summed E-state index contributed by atoms with van der Waals surface area (Å²) in [5.74, 6) is 1.47. The molecule has 2 aliphatic rings. The third-order valence-corrected chi connectivity index (χ3v) is 4.35. The average molecular weight is 282 g/mol. The summed E-state index contributed by atoms with van der Waals surface area (Å²) in [5.41, 5.74) is 7.64. The predicted molar refractivity (Wildman–Crippen MR) is 76.4 cm³/mol. The average Bonchev–Trinajstić information content (AvgIpc) is 2.82. The molecule has 19 heavy (non-hydrogen) atoms. The number of ether oxygens (including phenoxy) is 1. The molecular formula is C14H20ClN3O. The summed E-state index contributed by atoms with van der Waals surface area (Å²) < 4.78 is 5.68. The van der Waals surface area contributed by atoms with Crippen LogP contribution in [0.15, 0.2) is 18.2 Å². The lowest BCUT2D eigenvalue weighted by atomic mass is 9.98. The van der Waals surface area contributed by atoms with Gasteiger partial charge in [-0.1, -0.05) is 23.7 Å². The number of rotatable bonds is 3. The van der Waals surface area contributed by atoms with Gasteiger partial charge < -0.3 is 10.1 Å². The van der Waals surface area contributed by atoms with E-state index in [1.807, 2.05) is 12.1 Å². The van der Waals surface area contributed by atoms with Gasteiger partial charge in [-0.25, -0.2) is 0 Å². The highest BCUT2D eigenvalue weighted by molar-refractivity contribution is 6.32. The normalized spacial score (nSPS) is 29.9. The maximum Gasteiger partial charge on any atom is 0.142 e. The number of fused-ring (bicyclic) bond motifs is 1. The standard InChI is InChI=1S/C14H20ClN3O/c1-9-10(8-17-18-9)7-16-13-5-6-19-14-11(13)3-2-4-12(14)15/h2-4,9-10,13,16-18H,5-8H2,1H3. The number of nitrogens with one attached hydrogen (secondary N) is 3. The highest BCUT2D eigenvalue weighted by Gasteiger charge is 2.26. The molecule has 4 nitrogen and oxygen atoms in total. The van der Waals surface area contributed by atoms with E-state index in [4.69, 9.17) is 16.3 Å². The fourth-order valence-electron chi connectivity index (χ4n) is 2.79. The van der Waals surface area contributed by atoms with E-state index in [0.717, 1.165) is 31.9 Å². The summed E-state index contributed by atoms with van der Waals surface area (Å²) in [4.78, 5) is 0. The van der Waals surface area contributed by atoms with Gasteiger partial charge in [0.25, 0.3) is 0 Å². The first-order chi connectivity index (χ1) is 9.25. The minimum atomic E-state index is 0.343. The fraction of sp³-hybridized carbons (Fsp3) is 0.571. The van der Waals surface area contributed by atoms with Crippen molar-refractivity contribution in [3.63, 3.8) is 0 Å². The van der Waals surface area contributed by atoms with Crippen molar-refractivity contribution in [2.75, 3.05) is 19.7 Å². The van der Waals surface area contributed by atoms with Crippen molar-refractivity contribution < 1.29 is 4.74 Å². The summed E-state index contributed by atoms with van der Waals surface area (Å²) in [5, 5.41) is 4.37. The third-order valence-electron chi connectivity index (χ3n) is 4.05. The molecule has 0 aromatic heterocycles. The van der Waals surface area contributed by atoms with Crippen LogP contribution in [0, 0.1) is 5.92 Å². The Morgan fingerprint density at radius 1 is 1.47 bits per heavy atom. The van der Waals surface area contributed by atoms with E-state index in [1.165, 1.54) is 5.56 Å². The molecule has 1 aromatic carbocycles. The summed E-state index contributed by atoms with van der Waals surface area (Å²) >= 11 is 6.19. The maximum atomic E-state index is 6.19. The van der Waals surface area contributed by atoms with Gasteiger partial charge >= 0.3 is 0 Å². The number of benzene rings is 1. The Morgan fingerprint density at radius 2 is 2.37 bits per heavy atom. The molecular weight excluding hydrogens is 262 g/mol. The molecule has 3 N–H and O–H groups in total. The Morgan fingerprint density at radius 3 is 3.16 bits per heavy atom. The van der Waals surface area contributed by atoms with Crippen LogP contribution in [-0.4, -0.2) is 25.7 Å². The van der Waals surface area contributed by atoms with E-state index in [0.29, 0.717) is 23.0 Å². The first-order valence-corrected chi connectivity index (χ1v) is 7.26. The maximum absolute atomic E-state index is 6.19. The van der Waals surface area contributed by atoms with Crippen LogP contribution in [0.4, 0.5) is 0 Å². The Bertz CT molecular complexity index is 454. The molecule has 0 bridgehead atoms. The molecule has 2 heterocycles. The van der Waals surface area contributed by atoms with Crippen molar-refractivity contribution in [3.8, 4) is 5.75 Å². The molecule has 104 valence electrons. The second-order valence-corrected chi connectivity index (χ2v) is 5.74. The van der Waals surface area contributed by atoms with Crippen LogP contribution in [0.3, 0.4) is 0 Å². The molecule has 3 unspecified atom stereocenters. The molecule has 3 atom stereocenters. The first kappa shape index (κ1) is 13.2. The molecule has 0 saturated carbocycles. The second kappa shape index (κ2) is 5.67. The Hall–Kier alpha value is -0.810. The van der Waals surface area contributed by atoms with Gasteiger partial charge in [-0.2, -0.15) is 0 Å². The van der Waals surface area contributed by atoms with E-state index in [2.05, 4.69) is 29.2 Å². The van der Waals surface area contributed by atoms with Crippen LogP contribution in [0.5, 0.6) is 5.75 Å². The molecule has 0 amide bonds. The zero-order valence-electron chi connectivity index (χ0n) is 11.1. The molecule has 0 aliphatic carbocycles. The largest absolute Gasteiger partial charge is 0.492 e. The molecule has 1 saturated heterocycles. The van der Waals surface area contributed by atoms with E-state index in [-0.39, 0.29) is 0 Å². The summed E-state index contributed by atoms with van der Waals surface area (Å²) in [7, 11) is 0. The van der Waals surface area contributed by atoms with Crippen LogP contribution in [0.25, 0.3) is 0 Å². The van der Waals surface area contributed by atoms with Gasteiger partial charge in [0.05, 0.1) is 11.6 Å². The lowest BCUT2D eigenvalue weighted by molar-refractivity contribution is 0.248. The van der Waals surface area contributed by atoms with E-state index >= 15 is 0 Å². The van der Waals surface area contributed by atoms with Crippen molar-refractivity contribution in [2.24, 2.45) is 5.92 Å². The van der Waals surface area contributed by atoms with Crippen molar-refractivity contribution in [2.45, 2.75) is 25.4 Å². The summed E-state index contributed by atoms with van der Waals surface area (Å²) in [6.07, 6.45) is 0.995. The first-order valence-electron chi connectivity index (χ1n) is 6.88. The van der Waals surface area contributed by atoms with Gasteiger partial charge in [0.15, 0.2) is 0 Å². The van der Waals surface area contributed by atoms with Gasteiger partial charge in [-0.05, 0) is 13.0 Å². The number of hydrogen-bond acceptors (Lipinski definition) is 4. The van der Waals surface area contributed by atoms with Crippen molar-refractivity contribution >= 4 is 11.6 Å². The minimum absolute atomic E-state index is 0.343. The van der Waals surface area contributed by atoms with Crippen molar-refractivity contribution in [1.82, 2.24) is 16.2 Å². The molecule has 3 rings (SSSR count). The zero-order chi connectivity index (χ0) is 13.2. The zero-order valence-corrected chi connectivity index (χ0v) is 11.8. The van der Waals surface area contributed by atoms with Gasteiger partial charge in [0, 0.05) is 43.1 Å². The predicted octanol–water partition coefficient (Wildman–Crippen LogP) is 1.87. The third kappa shape index (κ3) is 2.72.